The standard InChI is InChI=1S/C16H23BrN2O/c17-14-4-6-16(7-5-14)20-12-11-18-9-10-19-8-2-1-3-15(19)13-18/h4-7,15H,1-3,8-13H2. The lowest BCUT2D eigenvalue weighted by Crippen LogP contribution is -2.55. The summed E-state index contributed by atoms with van der Waals surface area (Å²) < 4.78 is 6.92. The van der Waals surface area contributed by atoms with Crippen LogP contribution in [0.5, 0.6) is 5.75 Å². The van der Waals surface area contributed by atoms with E-state index in [-0.39, 0.29) is 0 Å². The molecule has 2 aliphatic heterocycles. The van der Waals surface area contributed by atoms with Crippen LogP contribution in [0.3, 0.4) is 0 Å². The minimum Gasteiger partial charge on any atom is -0.492 e. The van der Waals surface area contributed by atoms with Gasteiger partial charge in [-0.05, 0) is 43.7 Å². The molecule has 3 nitrogen and oxygen atoms in total. The van der Waals surface area contributed by atoms with Gasteiger partial charge < -0.3 is 4.74 Å². The molecule has 0 N–H and O–H groups in total. The summed E-state index contributed by atoms with van der Waals surface area (Å²) in [6.07, 6.45) is 4.18. The fourth-order valence-corrected chi connectivity index (χ4v) is 3.51. The smallest absolute Gasteiger partial charge is 0.119 e. The van der Waals surface area contributed by atoms with Crippen molar-refractivity contribution >= 4 is 15.9 Å². The Hall–Kier alpha value is -0.580. The van der Waals surface area contributed by atoms with Crippen LogP contribution in [0.25, 0.3) is 0 Å². The number of nitrogens with zero attached hydrogens (tertiary/aromatic N) is 2. The first-order valence-corrected chi connectivity index (χ1v) is 8.45. The van der Waals surface area contributed by atoms with Crippen molar-refractivity contribution < 1.29 is 4.74 Å². The summed E-state index contributed by atoms with van der Waals surface area (Å²) in [6, 6.07) is 8.88. The van der Waals surface area contributed by atoms with Crippen LogP contribution in [-0.4, -0.2) is 55.2 Å². The predicted molar refractivity (Wildman–Crippen MR) is 85.3 cm³/mol. The molecule has 0 aliphatic carbocycles. The van der Waals surface area contributed by atoms with Crippen LogP contribution in [0, 0.1) is 0 Å². The van der Waals surface area contributed by atoms with Crippen molar-refractivity contribution in [3.05, 3.63) is 28.7 Å². The van der Waals surface area contributed by atoms with Gasteiger partial charge in [-0.2, -0.15) is 0 Å². The number of piperazine rings is 1. The van der Waals surface area contributed by atoms with E-state index in [2.05, 4.69) is 25.7 Å². The van der Waals surface area contributed by atoms with E-state index in [4.69, 9.17) is 4.74 Å². The number of ether oxygens (including phenoxy) is 1. The van der Waals surface area contributed by atoms with Crippen LogP contribution >= 0.6 is 15.9 Å². The molecule has 1 aromatic carbocycles. The van der Waals surface area contributed by atoms with Gasteiger partial charge in [-0.25, -0.2) is 0 Å². The van der Waals surface area contributed by atoms with E-state index in [1.54, 1.807) is 0 Å². The lowest BCUT2D eigenvalue weighted by molar-refractivity contribution is 0.0432. The highest BCUT2D eigenvalue weighted by atomic mass is 79.9. The monoisotopic (exact) mass is 338 g/mol. The number of fused-ring (bicyclic) bond motifs is 1. The fourth-order valence-electron chi connectivity index (χ4n) is 3.25. The zero-order valence-electron chi connectivity index (χ0n) is 11.9. The number of hydrogen-bond acceptors (Lipinski definition) is 3. The summed E-state index contributed by atoms with van der Waals surface area (Å²) in [6.45, 7) is 6.80. The predicted octanol–water partition coefficient (Wildman–Crippen LogP) is 3.00. The Morgan fingerprint density at radius 3 is 2.80 bits per heavy atom. The molecule has 0 amide bonds. The first-order valence-electron chi connectivity index (χ1n) is 7.66. The number of halogens is 1. The molecule has 2 aliphatic rings. The highest BCUT2D eigenvalue weighted by Crippen LogP contribution is 2.21. The molecule has 1 aromatic rings. The molecule has 0 saturated carbocycles. The van der Waals surface area contributed by atoms with Gasteiger partial charge in [0.15, 0.2) is 0 Å². The highest BCUT2D eigenvalue weighted by molar-refractivity contribution is 9.10. The molecular weight excluding hydrogens is 316 g/mol. The van der Waals surface area contributed by atoms with Crippen molar-refractivity contribution in [3.63, 3.8) is 0 Å². The largest absolute Gasteiger partial charge is 0.492 e. The molecular formula is C16H23BrN2O. The van der Waals surface area contributed by atoms with Crippen molar-refractivity contribution in [1.82, 2.24) is 9.80 Å². The quantitative estimate of drug-likeness (QED) is 0.839. The van der Waals surface area contributed by atoms with Gasteiger partial charge in [0, 0.05) is 36.7 Å². The average Bonchev–Trinajstić information content (AvgIpc) is 2.49. The molecule has 0 radical (unpaired) electrons. The number of benzene rings is 1. The Bertz CT molecular complexity index is 423. The van der Waals surface area contributed by atoms with Gasteiger partial charge in [-0.15, -0.1) is 0 Å². The van der Waals surface area contributed by atoms with E-state index in [9.17, 15) is 0 Å². The molecule has 0 aromatic heterocycles. The van der Waals surface area contributed by atoms with Gasteiger partial charge in [0.25, 0.3) is 0 Å². The summed E-state index contributed by atoms with van der Waals surface area (Å²) in [5.41, 5.74) is 0. The van der Waals surface area contributed by atoms with Crippen LogP contribution < -0.4 is 4.74 Å². The number of hydrogen-bond donors (Lipinski definition) is 0. The molecule has 2 fully saturated rings. The Morgan fingerprint density at radius 2 is 1.95 bits per heavy atom. The number of piperidine rings is 1. The lowest BCUT2D eigenvalue weighted by Gasteiger charge is -2.44. The lowest BCUT2D eigenvalue weighted by atomic mass is 9.99. The van der Waals surface area contributed by atoms with E-state index in [1.807, 2.05) is 24.3 Å². The van der Waals surface area contributed by atoms with E-state index in [1.165, 1.54) is 45.4 Å². The third kappa shape index (κ3) is 3.74. The van der Waals surface area contributed by atoms with Crippen LogP contribution in [0.15, 0.2) is 28.7 Å². The van der Waals surface area contributed by atoms with Gasteiger partial charge in [-0.1, -0.05) is 22.4 Å². The van der Waals surface area contributed by atoms with Crippen molar-refractivity contribution in [2.24, 2.45) is 0 Å². The first kappa shape index (κ1) is 14.4. The van der Waals surface area contributed by atoms with Gasteiger partial charge >= 0.3 is 0 Å². The molecule has 4 heteroatoms. The van der Waals surface area contributed by atoms with Crippen molar-refractivity contribution in [3.8, 4) is 5.75 Å². The SMILES string of the molecule is Brc1ccc(OCCN2CCN3CCCCC3C2)cc1. The van der Waals surface area contributed by atoms with E-state index < -0.39 is 0 Å². The van der Waals surface area contributed by atoms with Gasteiger partial charge in [0.05, 0.1) is 0 Å². The fraction of sp³-hybridized carbons (Fsp3) is 0.625. The van der Waals surface area contributed by atoms with Crippen molar-refractivity contribution in [2.45, 2.75) is 25.3 Å². The Labute approximate surface area is 130 Å². The van der Waals surface area contributed by atoms with Gasteiger partial charge in [-0.3, -0.25) is 9.80 Å². The van der Waals surface area contributed by atoms with Crippen LogP contribution in [0.1, 0.15) is 19.3 Å². The summed E-state index contributed by atoms with van der Waals surface area (Å²) in [5.74, 6) is 0.963. The summed E-state index contributed by atoms with van der Waals surface area (Å²) in [4.78, 5) is 5.24. The summed E-state index contributed by atoms with van der Waals surface area (Å²) in [5, 5.41) is 0. The second kappa shape index (κ2) is 6.92. The van der Waals surface area contributed by atoms with Crippen LogP contribution in [0.4, 0.5) is 0 Å². The molecule has 2 heterocycles. The third-order valence-corrected chi connectivity index (χ3v) is 4.94. The third-order valence-electron chi connectivity index (χ3n) is 4.41. The highest BCUT2D eigenvalue weighted by Gasteiger charge is 2.28. The van der Waals surface area contributed by atoms with E-state index in [0.717, 1.165) is 29.4 Å². The van der Waals surface area contributed by atoms with Gasteiger partial charge in [0.2, 0.25) is 0 Å². The molecule has 0 spiro atoms. The maximum atomic E-state index is 5.82. The second-order valence-corrected chi connectivity index (χ2v) is 6.70. The van der Waals surface area contributed by atoms with E-state index >= 15 is 0 Å². The summed E-state index contributed by atoms with van der Waals surface area (Å²) in [7, 11) is 0. The maximum Gasteiger partial charge on any atom is 0.119 e. The van der Waals surface area contributed by atoms with Crippen LogP contribution in [-0.2, 0) is 0 Å². The average molecular weight is 339 g/mol. The maximum absolute atomic E-state index is 5.82. The Kier molecular flexibility index (Phi) is 4.97. The minimum absolute atomic E-state index is 0.786. The summed E-state index contributed by atoms with van der Waals surface area (Å²) >= 11 is 3.44. The molecule has 0 bridgehead atoms. The van der Waals surface area contributed by atoms with Crippen molar-refractivity contribution in [2.75, 3.05) is 39.3 Å². The topological polar surface area (TPSA) is 15.7 Å². The molecule has 1 unspecified atom stereocenters. The van der Waals surface area contributed by atoms with Gasteiger partial charge in [0.1, 0.15) is 12.4 Å². The number of rotatable bonds is 4. The van der Waals surface area contributed by atoms with Crippen LogP contribution in [0.2, 0.25) is 0 Å². The molecule has 2 saturated heterocycles. The zero-order chi connectivity index (χ0) is 13.8. The first-order chi connectivity index (χ1) is 9.81. The van der Waals surface area contributed by atoms with Crippen molar-refractivity contribution in [1.29, 1.82) is 0 Å². The molecule has 1 atom stereocenters. The molecule has 20 heavy (non-hydrogen) atoms. The second-order valence-electron chi connectivity index (χ2n) is 5.79. The van der Waals surface area contributed by atoms with E-state index in [0.29, 0.717) is 0 Å². The molecule has 3 rings (SSSR count). The normalized spacial score (nSPS) is 24.4. The minimum atomic E-state index is 0.786. The zero-order valence-corrected chi connectivity index (χ0v) is 13.5. The Morgan fingerprint density at radius 1 is 1.10 bits per heavy atom. The Balaban J connectivity index is 1.41. The molecule has 110 valence electrons.